The molecule has 3 aromatic rings. The highest BCUT2D eigenvalue weighted by Crippen LogP contribution is 2.24. The molecule has 0 saturated heterocycles. The first-order chi connectivity index (χ1) is 11.9. The monoisotopic (exact) mass is 357 g/mol. The van der Waals surface area contributed by atoms with Crippen molar-refractivity contribution in [2.45, 2.75) is 18.2 Å². The molecule has 2 aromatic carbocycles. The predicted molar refractivity (Wildman–Crippen MR) is 98.3 cm³/mol. The lowest BCUT2D eigenvalue weighted by molar-refractivity contribution is 0.0959. The van der Waals surface area contributed by atoms with Crippen LogP contribution in [0.15, 0.2) is 53.4 Å². The summed E-state index contributed by atoms with van der Waals surface area (Å²) in [5.74, 6) is -0.227. The molecule has 0 aliphatic rings. The van der Waals surface area contributed by atoms with Gasteiger partial charge in [-0.15, -0.1) is 0 Å². The van der Waals surface area contributed by atoms with Crippen LogP contribution in [0, 0.1) is 0 Å². The van der Waals surface area contributed by atoms with Gasteiger partial charge in [0.15, 0.2) is 0 Å². The summed E-state index contributed by atoms with van der Waals surface area (Å²) in [6.45, 7) is 1.92. The summed E-state index contributed by atoms with van der Waals surface area (Å²) >= 11 is 0. The smallest absolute Gasteiger partial charge is 0.267 e. The zero-order valence-corrected chi connectivity index (χ0v) is 14.8. The predicted octanol–water partition coefficient (Wildman–Crippen LogP) is 2.89. The van der Waals surface area contributed by atoms with Crippen molar-refractivity contribution in [1.82, 2.24) is 10.3 Å². The number of aromatic nitrogens is 1. The molecule has 0 fully saturated rings. The summed E-state index contributed by atoms with van der Waals surface area (Å²) < 4.78 is 28.0. The van der Waals surface area contributed by atoms with Gasteiger partial charge in [0.2, 0.25) is 0 Å². The van der Waals surface area contributed by atoms with Crippen LogP contribution >= 0.6 is 0 Å². The van der Waals surface area contributed by atoms with E-state index in [1.165, 1.54) is 0 Å². The molecule has 1 aromatic heterocycles. The third-order valence-corrected chi connectivity index (χ3v) is 5.47. The molecular weight excluding hydrogens is 338 g/mol. The molecule has 130 valence electrons. The Hall–Kier alpha value is -2.80. The molecule has 3 N–H and O–H groups in total. The SMILES string of the molecule is CCc1ccccc1S(=O)(=O)Nc1ccc2[nH]c(C(=O)NC)cc2c1. The number of fused-ring (bicyclic) bond motifs is 1. The highest BCUT2D eigenvalue weighted by atomic mass is 32.2. The first-order valence-corrected chi connectivity index (χ1v) is 9.38. The summed E-state index contributed by atoms with van der Waals surface area (Å²) in [5, 5.41) is 3.30. The molecule has 0 radical (unpaired) electrons. The topological polar surface area (TPSA) is 91.1 Å². The highest BCUT2D eigenvalue weighted by Gasteiger charge is 2.18. The van der Waals surface area contributed by atoms with Crippen LogP contribution in [0.3, 0.4) is 0 Å². The molecule has 3 rings (SSSR count). The lowest BCUT2D eigenvalue weighted by atomic mass is 10.2. The zero-order valence-electron chi connectivity index (χ0n) is 14.0. The first kappa shape index (κ1) is 17.0. The van der Waals surface area contributed by atoms with Crippen LogP contribution in [-0.2, 0) is 16.4 Å². The van der Waals surface area contributed by atoms with Crippen molar-refractivity contribution in [3.05, 3.63) is 59.8 Å². The van der Waals surface area contributed by atoms with Crippen LogP contribution in [0.5, 0.6) is 0 Å². The fourth-order valence-electron chi connectivity index (χ4n) is 2.72. The van der Waals surface area contributed by atoms with Crippen molar-refractivity contribution in [1.29, 1.82) is 0 Å². The van der Waals surface area contributed by atoms with E-state index < -0.39 is 10.0 Å². The van der Waals surface area contributed by atoms with E-state index in [0.717, 1.165) is 16.5 Å². The Bertz CT molecular complexity index is 1040. The second-order valence-electron chi connectivity index (χ2n) is 5.63. The summed E-state index contributed by atoms with van der Waals surface area (Å²) in [5.41, 5.74) is 2.39. The summed E-state index contributed by atoms with van der Waals surface area (Å²) in [7, 11) is -2.12. The van der Waals surface area contributed by atoms with Gasteiger partial charge >= 0.3 is 0 Å². The first-order valence-electron chi connectivity index (χ1n) is 7.90. The molecule has 25 heavy (non-hydrogen) atoms. The van der Waals surface area contributed by atoms with Gasteiger partial charge in [0.05, 0.1) is 4.90 Å². The Labute approximate surface area is 146 Å². The second kappa shape index (κ2) is 6.60. The van der Waals surface area contributed by atoms with E-state index in [1.807, 2.05) is 13.0 Å². The van der Waals surface area contributed by atoms with Gasteiger partial charge in [-0.1, -0.05) is 25.1 Å². The van der Waals surface area contributed by atoms with Gasteiger partial charge in [-0.05, 0) is 42.3 Å². The van der Waals surface area contributed by atoms with E-state index >= 15 is 0 Å². The molecule has 0 saturated carbocycles. The number of carbonyl (C=O) groups is 1. The molecule has 0 aliphatic carbocycles. The minimum atomic E-state index is -3.68. The lowest BCUT2D eigenvalue weighted by Gasteiger charge is -2.11. The number of sulfonamides is 1. The van der Waals surface area contributed by atoms with E-state index in [1.54, 1.807) is 49.5 Å². The number of anilines is 1. The summed E-state index contributed by atoms with van der Waals surface area (Å²) in [6.07, 6.45) is 0.628. The molecular formula is C18H19N3O3S. The Morgan fingerprint density at radius 2 is 1.88 bits per heavy atom. The van der Waals surface area contributed by atoms with Crippen LogP contribution in [-0.4, -0.2) is 26.4 Å². The number of hydrogen-bond acceptors (Lipinski definition) is 3. The van der Waals surface area contributed by atoms with Crippen LogP contribution in [0.2, 0.25) is 0 Å². The zero-order chi connectivity index (χ0) is 18.0. The quantitative estimate of drug-likeness (QED) is 0.656. The van der Waals surface area contributed by atoms with Crippen LogP contribution < -0.4 is 10.0 Å². The van der Waals surface area contributed by atoms with E-state index in [2.05, 4.69) is 15.0 Å². The number of H-pyrrole nitrogens is 1. The minimum Gasteiger partial charge on any atom is -0.354 e. The third-order valence-electron chi connectivity index (χ3n) is 3.99. The Morgan fingerprint density at radius 3 is 2.60 bits per heavy atom. The fourth-order valence-corrected chi connectivity index (χ4v) is 4.08. The Kier molecular flexibility index (Phi) is 4.50. The number of rotatable bonds is 5. The molecule has 0 atom stereocenters. The Balaban J connectivity index is 1.95. The van der Waals surface area contributed by atoms with Crippen LogP contribution in [0.1, 0.15) is 23.0 Å². The van der Waals surface area contributed by atoms with E-state index in [-0.39, 0.29) is 10.8 Å². The van der Waals surface area contributed by atoms with Gasteiger partial charge in [0, 0.05) is 23.6 Å². The minimum absolute atomic E-state index is 0.227. The van der Waals surface area contributed by atoms with Crippen LogP contribution in [0.4, 0.5) is 5.69 Å². The van der Waals surface area contributed by atoms with Gasteiger partial charge in [0.1, 0.15) is 5.69 Å². The molecule has 0 aliphatic heterocycles. The Morgan fingerprint density at radius 1 is 1.12 bits per heavy atom. The third kappa shape index (κ3) is 3.36. The number of nitrogens with one attached hydrogen (secondary N) is 3. The lowest BCUT2D eigenvalue weighted by Crippen LogP contribution is -2.17. The van der Waals surface area contributed by atoms with Crippen molar-refractivity contribution < 1.29 is 13.2 Å². The number of carbonyl (C=O) groups excluding carboxylic acids is 1. The molecule has 1 amide bonds. The summed E-state index contributed by atoms with van der Waals surface area (Å²) in [4.78, 5) is 15.0. The van der Waals surface area contributed by atoms with Crippen LogP contribution in [0.25, 0.3) is 10.9 Å². The molecule has 0 spiro atoms. The van der Waals surface area contributed by atoms with E-state index in [0.29, 0.717) is 17.8 Å². The van der Waals surface area contributed by atoms with Gasteiger partial charge in [-0.3, -0.25) is 9.52 Å². The maximum absolute atomic E-state index is 12.7. The van der Waals surface area contributed by atoms with E-state index in [9.17, 15) is 13.2 Å². The molecule has 1 heterocycles. The van der Waals surface area contributed by atoms with Crippen molar-refractivity contribution >= 4 is 32.5 Å². The van der Waals surface area contributed by atoms with Crippen molar-refractivity contribution in [2.75, 3.05) is 11.8 Å². The van der Waals surface area contributed by atoms with Gasteiger partial charge in [0.25, 0.3) is 15.9 Å². The van der Waals surface area contributed by atoms with Gasteiger partial charge in [-0.2, -0.15) is 0 Å². The number of hydrogen-bond donors (Lipinski definition) is 3. The average Bonchev–Trinajstić information content (AvgIpc) is 3.04. The fraction of sp³-hybridized carbons (Fsp3) is 0.167. The van der Waals surface area contributed by atoms with Crippen molar-refractivity contribution in [2.24, 2.45) is 0 Å². The largest absolute Gasteiger partial charge is 0.354 e. The average molecular weight is 357 g/mol. The highest BCUT2D eigenvalue weighted by molar-refractivity contribution is 7.92. The number of benzene rings is 2. The maximum atomic E-state index is 12.7. The van der Waals surface area contributed by atoms with Gasteiger partial charge in [-0.25, -0.2) is 8.42 Å². The normalized spacial score (nSPS) is 11.4. The van der Waals surface area contributed by atoms with Crippen molar-refractivity contribution in [3.8, 4) is 0 Å². The van der Waals surface area contributed by atoms with Crippen molar-refractivity contribution in [3.63, 3.8) is 0 Å². The van der Waals surface area contributed by atoms with Gasteiger partial charge < -0.3 is 10.3 Å². The summed E-state index contributed by atoms with van der Waals surface area (Å²) in [6, 6.07) is 13.7. The maximum Gasteiger partial charge on any atom is 0.267 e. The molecule has 7 heteroatoms. The van der Waals surface area contributed by atoms with E-state index in [4.69, 9.17) is 0 Å². The number of aryl methyl sites for hydroxylation is 1. The second-order valence-corrected chi connectivity index (χ2v) is 7.28. The number of amides is 1. The molecule has 0 unspecified atom stereocenters. The standard InChI is InChI=1S/C18H19N3O3S/c1-3-12-6-4-5-7-17(12)25(23,24)21-14-8-9-15-13(10-14)11-16(20-15)18(22)19-2/h4-11,20-21H,3H2,1-2H3,(H,19,22). The number of aromatic amines is 1. The molecule has 6 nitrogen and oxygen atoms in total. The molecule has 0 bridgehead atoms.